The molecule has 1 atom stereocenters. The number of nitrogens with two attached hydrogens (primary N) is 1. The predicted molar refractivity (Wildman–Crippen MR) is 155 cm³/mol. The number of ether oxygens (including phenoxy) is 1. The van der Waals surface area contributed by atoms with Gasteiger partial charge in [-0.05, 0) is 42.5 Å². The van der Waals surface area contributed by atoms with Gasteiger partial charge in [0.15, 0.2) is 0 Å². The molecule has 5 rings (SSSR count). The number of aromatic nitrogens is 2. The van der Waals surface area contributed by atoms with Crippen LogP contribution in [0.1, 0.15) is 24.0 Å². The molecule has 41 heavy (non-hydrogen) atoms. The number of benzene rings is 2. The minimum Gasteiger partial charge on any atom is -0.384 e. The van der Waals surface area contributed by atoms with Crippen LogP contribution in [0.15, 0.2) is 78.2 Å². The molecule has 0 aliphatic carbocycles. The number of carbonyl (C=O) groups excluding carboxylic acids is 1. The lowest BCUT2D eigenvalue weighted by atomic mass is 9.96. The second-order valence-corrected chi connectivity index (χ2v) is 12.3. The average molecular weight is 578 g/mol. The van der Waals surface area contributed by atoms with Crippen LogP contribution in [0.3, 0.4) is 0 Å². The van der Waals surface area contributed by atoms with Crippen molar-refractivity contribution in [2.24, 2.45) is 17.6 Å². The van der Waals surface area contributed by atoms with Gasteiger partial charge < -0.3 is 15.4 Å². The highest BCUT2D eigenvalue weighted by molar-refractivity contribution is 7.88. The van der Waals surface area contributed by atoms with Crippen molar-refractivity contribution in [2.45, 2.75) is 24.6 Å². The highest BCUT2D eigenvalue weighted by Crippen LogP contribution is 2.28. The van der Waals surface area contributed by atoms with Crippen LogP contribution in [0.2, 0.25) is 0 Å². The summed E-state index contributed by atoms with van der Waals surface area (Å²) in [7, 11) is -3.75. The van der Waals surface area contributed by atoms with Gasteiger partial charge >= 0.3 is 6.03 Å². The van der Waals surface area contributed by atoms with Crippen LogP contribution < -0.4 is 10.6 Å². The Labute approximate surface area is 240 Å². The standard InChI is InChI=1S/C29H35N7O4S/c30-27(31)25-8-4-9-26(16-25)36-19-24(21-40-20-23-6-2-1-3-7-23)18-34(29(36)37)17-22-10-14-35(15-11-22)41(38,39)28-32-12-5-13-33-28/h1-9,12-13,16,22,24H,10-11,14-15,17-21H2,(H3,30,31). The number of nitrogens with one attached hydrogen (secondary N) is 1. The molecule has 3 aromatic rings. The summed E-state index contributed by atoms with van der Waals surface area (Å²) in [6, 6.07) is 18.6. The Morgan fingerprint density at radius 2 is 1.71 bits per heavy atom. The summed E-state index contributed by atoms with van der Waals surface area (Å²) < 4.78 is 33.4. The van der Waals surface area contributed by atoms with E-state index in [1.54, 1.807) is 29.2 Å². The van der Waals surface area contributed by atoms with E-state index in [1.165, 1.54) is 16.7 Å². The van der Waals surface area contributed by atoms with Crippen molar-refractivity contribution in [3.05, 3.63) is 84.2 Å². The fourth-order valence-electron chi connectivity index (χ4n) is 5.37. The van der Waals surface area contributed by atoms with Crippen LogP contribution in [-0.4, -0.2) is 78.8 Å². The number of amides is 2. The molecule has 2 aromatic carbocycles. The number of rotatable bonds is 10. The third kappa shape index (κ3) is 6.89. The predicted octanol–water partition coefficient (Wildman–Crippen LogP) is 2.94. The lowest BCUT2D eigenvalue weighted by molar-refractivity contribution is 0.0661. The number of piperidine rings is 1. The number of carbonyl (C=O) groups is 1. The number of urea groups is 1. The van der Waals surface area contributed by atoms with E-state index in [0.717, 1.165) is 5.56 Å². The second kappa shape index (κ2) is 12.8. The second-order valence-electron chi connectivity index (χ2n) is 10.5. The molecular weight excluding hydrogens is 542 g/mol. The summed E-state index contributed by atoms with van der Waals surface area (Å²) in [5.74, 6) is 0.156. The van der Waals surface area contributed by atoms with Crippen LogP contribution >= 0.6 is 0 Å². The summed E-state index contributed by atoms with van der Waals surface area (Å²) in [5, 5.41) is 7.63. The lowest BCUT2D eigenvalue weighted by Crippen LogP contribution is -2.56. The molecule has 2 fully saturated rings. The highest BCUT2D eigenvalue weighted by atomic mass is 32.2. The third-order valence-electron chi connectivity index (χ3n) is 7.52. The van der Waals surface area contributed by atoms with Crippen LogP contribution in [0.25, 0.3) is 0 Å². The molecule has 216 valence electrons. The number of amidine groups is 1. The van der Waals surface area contributed by atoms with Gasteiger partial charge in [-0.25, -0.2) is 23.2 Å². The van der Waals surface area contributed by atoms with Gasteiger partial charge in [0.25, 0.3) is 15.2 Å². The van der Waals surface area contributed by atoms with Crippen LogP contribution in [0.5, 0.6) is 0 Å². The topological polar surface area (TPSA) is 146 Å². The van der Waals surface area contributed by atoms with Gasteiger partial charge in [-0.15, -0.1) is 0 Å². The van der Waals surface area contributed by atoms with E-state index in [4.69, 9.17) is 15.9 Å². The first-order valence-electron chi connectivity index (χ1n) is 13.7. The van der Waals surface area contributed by atoms with Crippen molar-refractivity contribution in [1.82, 2.24) is 19.2 Å². The number of sulfonamides is 1. The molecule has 0 radical (unpaired) electrons. The Morgan fingerprint density at radius 1 is 0.976 bits per heavy atom. The molecule has 0 spiro atoms. The number of hydrogen-bond donors (Lipinski definition) is 2. The zero-order valence-electron chi connectivity index (χ0n) is 22.8. The summed E-state index contributed by atoms with van der Waals surface area (Å²) in [5.41, 5.74) is 8.05. The molecule has 11 nitrogen and oxygen atoms in total. The molecule has 0 bridgehead atoms. The fourth-order valence-corrected chi connectivity index (χ4v) is 6.68. The van der Waals surface area contributed by atoms with Crippen molar-refractivity contribution in [3.8, 4) is 0 Å². The Balaban J connectivity index is 1.26. The maximum atomic E-state index is 13.7. The molecule has 0 saturated carbocycles. The van der Waals surface area contributed by atoms with Gasteiger partial charge in [0.1, 0.15) is 5.84 Å². The van der Waals surface area contributed by atoms with Gasteiger partial charge in [-0.1, -0.05) is 42.5 Å². The first kappa shape index (κ1) is 28.7. The van der Waals surface area contributed by atoms with E-state index in [2.05, 4.69) is 9.97 Å². The lowest BCUT2D eigenvalue weighted by Gasteiger charge is -2.42. The zero-order valence-corrected chi connectivity index (χ0v) is 23.6. The van der Waals surface area contributed by atoms with Crippen molar-refractivity contribution >= 4 is 27.6 Å². The molecule has 1 aromatic heterocycles. The Kier molecular flexibility index (Phi) is 8.91. The highest BCUT2D eigenvalue weighted by Gasteiger charge is 2.36. The first-order valence-corrected chi connectivity index (χ1v) is 15.1. The fraction of sp³-hybridized carbons (Fsp3) is 0.379. The molecule has 2 amide bonds. The molecule has 2 saturated heterocycles. The largest absolute Gasteiger partial charge is 0.384 e. The smallest absolute Gasteiger partial charge is 0.324 e. The number of nitrogens with zero attached hydrogens (tertiary/aromatic N) is 5. The molecule has 3 N–H and O–H groups in total. The summed E-state index contributed by atoms with van der Waals surface area (Å²) in [4.78, 5) is 25.2. The molecule has 1 unspecified atom stereocenters. The summed E-state index contributed by atoms with van der Waals surface area (Å²) in [6.07, 6.45) is 4.11. The van der Waals surface area contributed by atoms with E-state index < -0.39 is 10.0 Å². The van der Waals surface area contributed by atoms with Crippen molar-refractivity contribution in [3.63, 3.8) is 0 Å². The van der Waals surface area contributed by atoms with Crippen molar-refractivity contribution < 1.29 is 17.9 Å². The normalized spacial score (nSPS) is 18.9. The van der Waals surface area contributed by atoms with E-state index >= 15 is 0 Å². The maximum Gasteiger partial charge on any atom is 0.324 e. The van der Waals surface area contributed by atoms with Crippen LogP contribution in [0, 0.1) is 17.2 Å². The first-order chi connectivity index (χ1) is 19.8. The summed E-state index contributed by atoms with van der Waals surface area (Å²) in [6.45, 7) is 3.22. The Hall–Kier alpha value is -3.87. The minimum absolute atomic E-state index is 0.0569. The van der Waals surface area contributed by atoms with Crippen molar-refractivity contribution in [1.29, 1.82) is 5.41 Å². The quantitative estimate of drug-likeness (QED) is 0.214. The van der Waals surface area contributed by atoms with Gasteiger partial charge in [-0.2, -0.15) is 4.31 Å². The molecule has 3 heterocycles. The third-order valence-corrected chi connectivity index (χ3v) is 9.24. The average Bonchev–Trinajstić information content (AvgIpc) is 3.00. The van der Waals surface area contributed by atoms with Crippen LogP contribution in [0.4, 0.5) is 10.5 Å². The Bertz CT molecular complexity index is 1450. The van der Waals surface area contributed by atoms with Gasteiger partial charge in [0, 0.05) is 62.3 Å². The van der Waals surface area contributed by atoms with Gasteiger partial charge in [0.05, 0.1) is 13.2 Å². The van der Waals surface area contributed by atoms with E-state index in [0.29, 0.717) is 70.0 Å². The van der Waals surface area contributed by atoms with Crippen molar-refractivity contribution in [2.75, 3.05) is 44.2 Å². The molecule has 2 aliphatic rings. The minimum atomic E-state index is -3.75. The molecule has 12 heteroatoms. The SMILES string of the molecule is N=C(N)c1cccc(N2CC(COCc3ccccc3)CN(CC3CCN(S(=O)(=O)c4ncccn4)CC3)C2=O)c1. The zero-order chi connectivity index (χ0) is 28.8. The molecule has 2 aliphatic heterocycles. The Morgan fingerprint density at radius 3 is 2.41 bits per heavy atom. The van der Waals surface area contributed by atoms with E-state index in [-0.39, 0.29) is 28.9 Å². The monoisotopic (exact) mass is 577 g/mol. The molecular formula is C29H35N7O4S. The number of anilines is 1. The number of nitrogen functional groups attached to an aromatic ring is 1. The van der Waals surface area contributed by atoms with Crippen LogP contribution in [-0.2, 0) is 21.4 Å². The summed E-state index contributed by atoms with van der Waals surface area (Å²) >= 11 is 0. The number of hydrogen-bond acceptors (Lipinski definition) is 7. The maximum absolute atomic E-state index is 13.7. The van der Waals surface area contributed by atoms with Gasteiger partial charge in [0.2, 0.25) is 0 Å². The van der Waals surface area contributed by atoms with E-state index in [9.17, 15) is 13.2 Å². The van der Waals surface area contributed by atoms with Gasteiger partial charge in [-0.3, -0.25) is 10.3 Å². The van der Waals surface area contributed by atoms with E-state index in [1.807, 2.05) is 41.3 Å².